The highest BCUT2D eigenvalue weighted by molar-refractivity contribution is 5.78. The van der Waals surface area contributed by atoms with Crippen molar-refractivity contribution < 1.29 is 33.2 Å². The average Bonchev–Trinajstić information content (AvgIpc) is 2.45. The Hall–Kier alpha value is -2.02. The lowest BCUT2D eigenvalue weighted by Gasteiger charge is -2.18. The van der Waals surface area contributed by atoms with E-state index in [1.807, 2.05) is 0 Å². The quantitative estimate of drug-likeness (QED) is 0.799. The summed E-state index contributed by atoms with van der Waals surface area (Å²) >= 11 is 0. The molecule has 1 rings (SSSR count). The van der Waals surface area contributed by atoms with E-state index in [0.29, 0.717) is 0 Å². The van der Waals surface area contributed by atoms with Gasteiger partial charge in [0.05, 0.1) is 27.9 Å². The van der Waals surface area contributed by atoms with E-state index in [-0.39, 0.29) is 29.4 Å². The summed E-state index contributed by atoms with van der Waals surface area (Å²) in [5.74, 6) is -2.22. The number of esters is 1. The molecule has 0 spiro atoms. The number of aliphatic hydroxyl groups excluding tert-OH is 1. The van der Waals surface area contributed by atoms with Crippen molar-refractivity contribution in [2.45, 2.75) is 13.0 Å². The minimum atomic E-state index is -1.68. The molecule has 20 heavy (non-hydrogen) atoms. The van der Waals surface area contributed by atoms with Crippen molar-refractivity contribution in [2.24, 2.45) is 0 Å². The SMILES string of the molecule is CCOC(=O)C(O)c1cc(OC)c(OC)c(F)c1OC. The van der Waals surface area contributed by atoms with Crippen LogP contribution in [0.1, 0.15) is 18.6 Å². The first-order chi connectivity index (χ1) is 9.51. The zero-order valence-electron chi connectivity index (χ0n) is 11.7. The molecule has 1 aromatic carbocycles. The monoisotopic (exact) mass is 288 g/mol. The maximum Gasteiger partial charge on any atom is 0.339 e. The molecule has 0 saturated heterocycles. The Morgan fingerprint density at radius 2 is 1.85 bits per heavy atom. The van der Waals surface area contributed by atoms with Crippen LogP contribution in [0.15, 0.2) is 6.07 Å². The molecule has 0 fully saturated rings. The summed E-state index contributed by atoms with van der Waals surface area (Å²) in [6.07, 6.45) is -1.68. The Kier molecular flexibility index (Phi) is 5.57. The summed E-state index contributed by atoms with van der Waals surface area (Å²) < 4.78 is 33.6. The number of aliphatic hydroxyl groups is 1. The molecule has 7 heteroatoms. The Labute approximate surface area is 116 Å². The fourth-order valence-electron chi connectivity index (χ4n) is 1.71. The summed E-state index contributed by atoms with van der Waals surface area (Å²) in [4.78, 5) is 11.6. The molecule has 1 atom stereocenters. The molecule has 0 aliphatic heterocycles. The second-order valence-electron chi connectivity index (χ2n) is 3.70. The van der Waals surface area contributed by atoms with Gasteiger partial charge in [0.15, 0.2) is 17.6 Å². The predicted octanol–water partition coefficient (Wildman–Crippen LogP) is 1.45. The van der Waals surface area contributed by atoms with Crippen LogP contribution in [0.5, 0.6) is 17.2 Å². The fourth-order valence-corrected chi connectivity index (χ4v) is 1.71. The lowest BCUT2D eigenvalue weighted by atomic mass is 10.1. The lowest BCUT2D eigenvalue weighted by molar-refractivity contribution is -0.153. The lowest BCUT2D eigenvalue weighted by Crippen LogP contribution is -2.17. The molecular formula is C13H17FO6. The standard InChI is InChI=1S/C13H17FO6/c1-5-20-13(16)10(15)7-6-8(17-2)12(19-4)9(14)11(7)18-3/h6,10,15H,5H2,1-4H3. The zero-order valence-corrected chi connectivity index (χ0v) is 11.7. The smallest absolute Gasteiger partial charge is 0.339 e. The summed E-state index contributed by atoms with van der Waals surface area (Å²) in [6, 6.07) is 1.27. The van der Waals surface area contributed by atoms with Crippen LogP contribution in [0, 0.1) is 5.82 Å². The van der Waals surface area contributed by atoms with Gasteiger partial charge < -0.3 is 24.1 Å². The third-order valence-electron chi connectivity index (χ3n) is 2.60. The first-order valence-electron chi connectivity index (χ1n) is 5.84. The number of methoxy groups -OCH3 is 3. The molecule has 0 saturated carbocycles. The van der Waals surface area contributed by atoms with Crippen LogP contribution in [-0.4, -0.2) is 39.0 Å². The highest BCUT2D eigenvalue weighted by Gasteiger charge is 2.29. The largest absolute Gasteiger partial charge is 0.493 e. The molecule has 0 aliphatic rings. The first kappa shape index (κ1) is 16.0. The van der Waals surface area contributed by atoms with Gasteiger partial charge >= 0.3 is 5.97 Å². The first-order valence-corrected chi connectivity index (χ1v) is 5.84. The molecule has 0 heterocycles. The maximum absolute atomic E-state index is 14.2. The highest BCUT2D eigenvalue weighted by atomic mass is 19.1. The van der Waals surface area contributed by atoms with Gasteiger partial charge in [-0.15, -0.1) is 0 Å². The molecule has 1 aromatic rings. The number of carbonyl (C=O) groups excluding carboxylic acids is 1. The molecule has 1 unspecified atom stereocenters. The molecule has 0 aromatic heterocycles. The maximum atomic E-state index is 14.2. The van der Waals surface area contributed by atoms with Gasteiger partial charge in [-0.05, 0) is 13.0 Å². The van der Waals surface area contributed by atoms with Crippen LogP contribution in [0.25, 0.3) is 0 Å². The molecule has 1 N–H and O–H groups in total. The van der Waals surface area contributed by atoms with Crippen LogP contribution in [0.4, 0.5) is 4.39 Å². The minimum Gasteiger partial charge on any atom is -0.493 e. The van der Waals surface area contributed by atoms with Gasteiger partial charge in [0.25, 0.3) is 0 Å². The third-order valence-corrected chi connectivity index (χ3v) is 2.60. The number of rotatable bonds is 6. The normalized spacial score (nSPS) is 11.7. The van der Waals surface area contributed by atoms with E-state index in [0.717, 1.165) is 0 Å². The Morgan fingerprint density at radius 1 is 1.25 bits per heavy atom. The molecule has 6 nitrogen and oxygen atoms in total. The number of carbonyl (C=O) groups is 1. The highest BCUT2D eigenvalue weighted by Crippen LogP contribution is 2.41. The number of hydrogen-bond acceptors (Lipinski definition) is 6. The number of halogens is 1. The van der Waals surface area contributed by atoms with Gasteiger partial charge in [-0.1, -0.05) is 0 Å². The van der Waals surface area contributed by atoms with Gasteiger partial charge in [-0.25, -0.2) is 4.79 Å². The minimum absolute atomic E-state index is 0.0316. The third kappa shape index (κ3) is 2.93. The molecule has 0 amide bonds. The van der Waals surface area contributed by atoms with E-state index >= 15 is 0 Å². The second kappa shape index (κ2) is 6.95. The molecular weight excluding hydrogens is 271 g/mol. The second-order valence-corrected chi connectivity index (χ2v) is 3.70. The van der Waals surface area contributed by atoms with E-state index in [4.69, 9.17) is 14.2 Å². The zero-order chi connectivity index (χ0) is 15.3. The summed E-state index contributed by atoms with van der Waals surface area (Å²) in [7, 11) is 3.79. The topological polar surface area (TPSA) is 74.2 Å². The van der Waals surface area contributed by atoms with Crippen LogP contribution in [0.3, 0.4) is 0 Å². The van der Waals surface area contributed by atoms with Crippen molar-refractivity contribution in [3.05, 3.63) is 17.4 Å². The summed E-state index contributed by atoms with van der Waals surface area (Å²) in [5, 5.41) is 9.92. The summed E-state index contributed by atoms with van der Waals surface area (Å²) in [5.41, 5.74) is -0.0962. The summed E-state index contributed by atoms with van der Waals surface area (Å²) in [6.45, 7) is 1.69. The fraction of sp³-hybridized carbons (Fsp3) is 0.462. The van der Waals surface area contributed by atoms with Gasteiger partial charge in [0, 0.05) is 5.56 Å². The van der Waals surface area contributed by atoms with Crippen LogP contribution < -0.4 is 14.2 Å². The Bertz CT molecular complexity index is 488. The van der Waals surface area contributed by atoms with Crippen molar-refractivity contribution >= 4 is 5.97 Å². The number of ether oxygens (including phenoxy) is 4. The Morgan fingerprint density at radius 3 is 2.30 bits per heavy atom. The molecule has 0 radical (unpaired) electrons. The van der Waals surface area contributed by atoms with Crippen LogP contribution in [0.2, 0.25) is 0 Å². The number of benzene rings is 1. The van der Waals surface area contributed by atoms with E-state index in [1.54, 1.807) is 6.92 Å². The van der Waals surface area contributed by atoms with Crippen LogP contribution in [-0.2, 0) is 9.53 Å². The van der Waals surface area contributed by atoms with Crippen molar-refractivity contribution in [3.8, 4) is 17.2 Å². The Balaban J connectivity index is 3.38. The predicted molar refractivity (Wildman–Crippen MR) is 67.6 cm³/mol. The van der Waals surface area contributed by atoms with E-state index < -0.39 is 17.9 Å². The van der Waals surface area contributed by atoms with E-state index in [2.05, 4.69) is 4.74 Å². The van der Waals surface area contributed by atoms with Gasteiger partial charge in [-0.3, -0.25) is 0 Å². The van der Waals surface area contributed by atoms with Crippen molar-refractivity contribution in [3.63, 3.8) is 0 Å². The van der Waals surface area contributed by atoms with Crippen molar-refractivity contribution in [2.75, 3.05) is 27.9 Å². The van der Waals surface area contributed by atoms with E-state index in [9.17, 15) is 14.3 Å². The van der Waals surface area contributed by atoms with Gasteiger partial charge in [0.1, 0.15) is 0 Å². The van der Waals surface area contributed by atoms with Gasteiger partial charge in [-0.2, -0.15) is 4.39 Å². The average molecular weight is 288 g/mol. The molecule has 112 valence electrons. The number of hydrogen-bond donors (Lipinski definition) is 1. The van der Waals surface area contributed by atoms with Crippen molar-refractivity contribution in [1.82, 2.24) is 0 Å². The molecule has 0 bridgehead atoms. The van der Waals surface area contributed by atoms with Crippen LogP contribution >= 0.6 is 0 Å². The van der Waals surface area contributed by atoms with E-state index in [1.165, 1.54) is 27.4 Å². The van der Waals surface area contributed by atoms with Crippen molar-refractivity contribution in [1.29, 1.82) is 0 Å². The van der Waals surface area contributed by atoms with Gasteiger partial charge in [0.2, 0.25) is 11.6 Å². The molecule has 0 aliphatic carbocycles.